The summed E-state index contributed by atoms with van der Waals surface area (Å²) in [5.74, 6) is 1.08. The van der Waals surface area contributed by atoms with Crippen LogP contribution in [0.15, 0.2) is 27.6 Å². The van der Waals surface area contributed by atoms with Crippen LogP contribution in [0.2, 0.25) is 0 Å². The number of rotatable bonds is 7. The monoisotopic (exact) mass is 447 g/mol. The lowest BCUT2D eigenvalue weighted by Gasteiger charge is -2.35. The maximum absolute atomic E-state index is 13.1. The van der Waals surface area contributed by atoms with Gasteiger partial charge in [0.05, 0.1) is 10.9 Å². The van der Waals surface area contributed by atoms with Gasteiger partial charge >= 0.3 is 0 Å². The molecule has 1 saturated heterocycles. The summed E-state index contributed by atoms with van der Waals surface area (Å²) in [6.45, 7) is 9.16. The second kappa shape index (κ2) is 8.68. The smallest absolute Gasteiger partial charge is 0.241 e. The van der Waals surface area contributed by atoms with Crippen molar-refractivity contribution in [3.8, 4) is 11.4 Å². The SMILES string of the molecule is CCN1CCN(C(=O)C(C)NS(=O)(=O)c2cc(-c3noc(C4CC4)n3)ccc2C)CC1. The quantitative estimate of drug-likeness (QED) is 0.689. The van der Waals surface area contributed by atoms with Gasteiger partial charge in [-0.25, -0.2) is 8.42 Å². The molecular formula is C21H29N5O4S. The zero-order valence-electron chi connectivity index (χ0n) is 18.2. The van der Waals surface area contributed by atoms with Crippen LogP contribution < -0.4 is 4.72 Å². The third-order valence-electron chi connectivity index (χ3n) is 5.94. The molecule has 1 amide bonds. The van der Waals surface area contributed by atoms with Crippen LogP contribution >= 0.6 is 0 Å². The van der Waals surface area contributed by atoms with Gasteiger partial charge in [0.2, 0.25) is 27.6 Å². The van der Waals surface area contributed by atoms with E-state index in [-0.39, 0.29) is 10.8 Å². The van der Waals surface area contributed by atoms with Gasteiger partial charge in [-0.15, -0.1) is 0 Å². The van der Waals surface area contributed by atoms with Gasteiger partial charge in [0.15, 0.2) is 0 Å². The Morgan fingerprint density at radius 1 is 1.26 bits per heavy atom. The van der Waals surface area contributed by atoms with Crippen molar-refractivity contribution in [2.45, 2.75) is 50.5 Å². The predicted molar refractivity (Wildman–Crippen MR) is 115 cm³/mol. The molecule has 1 aromatic carbocycles. The van der Waals surface area contributed by atoms with E-state index in [1.165, 1.54) is 6.07 Å². The highest BCUT2D eigenvalue weighted by Gasteiger charge is 2.31. The number of piperazine rings is 1. The number of aryl methyl sites for hydroxylation is 1. The fraction of sp³-hybridized carbons (Fsp3) is 0.571. The summed E-state index contributed by atoms with van der Waals surface area (Å²) in [5.41, 5.74) is 1.15. The summed E-state index contributed by atoms with van der Waals surface area (Å²) < 4.78 is 34.1. The van der Waals surface area contributed by atoms with E-state index in [0.29, 0.717) is 41.8 Å². The number of nitrogens with zero attached hydrogens (tertiary/aromatic N) is 4. The van der Waals surface area contributed by atoms with Crippen molar-refractivity contribution < 1.29 is 17.7 Å². The number of benzene rings is 1. The van der Waals surface area contributed by atoms with Crippen molar-refractivity contribution in [2.24, 2.45) is 0 Å². The summed E-state index contributed by atoms with van der Waals surface area (Å²) in [4.78, 5) is 21.3. The van der Waals surface area contributed by atoms with Crippen LogP contribution in [0, 0.1) is 6.92 Å². The zero-order chi connectivity index (χ0) is 22.2. The summed E-state index contributed by atoms with van der Waals surface area (Å²) in [5, 5.41) is 4.00. The van der Waals surface area contributed by atoms with E-state index in [1.54, 1.807) is 30.9 Å². The van der Waals surface area contributed by atoms with Gasteiger partial charge in [-0.3, -0.25) is 4.79 Å². The molecule has 0 spiro atoms. The first-order valence-corrected chi connectivity index (χ1v) is 12.2. The van der Waals surface area contributed by atoms with Gasteiger partial charge in [-0.2, -0.15) is 9.71 Å². The molecular weight excluding hydrogens is 418 g/mol. The molecule has 1 aromatic heterocycles. The second-order valence-corrected chi connectivity index (χ2v) is 10.00. The van der Waals surface area contributed by atoms with Gasteiger partial charge in [-0.05, 0) is 44.9 Å². The van der Waals surface area contributed by atoms with Gasteiger partial charge < -0.3 is 14.3 Å². The molecule has 1 aliphatic carbocycles. The fourth-order valence-electron chi connectivity index (χ4n) is 3.78. The Hall–Kier alpha value is -2.30. The lowest BCUT2D eigenvalue weighted by molar-refractivity contribution is -0.134. The number of likely N-dealkylation sites (N-methyl/N-ethyl adjacent to an activating group) is 1. The van der Waals surface area contributed by atoms with Crippen LogP contribution in [0.25, 0.3) is 11.4 Å². The number of hydrogen-bond donors (Lipinski definition) is 1. The Morgan fingerprint density at radius 2 is 1.97 bits per heavy atom. The van der Waals surface area contributed by atoms with Crippen LogP contribution in [-0.4, -0.2) is 73.0 Å². The van der Waals surface area contributed by atoms with Crippen LogP contribution in [0.5, 0.6) is 0 Å². The van der Waals surface area contributed by atoms with Crippen molar-refractivity contribution in [3.05, 3.63) is 29.7 Å². The Kier molecular flexibility index (Phi) is 6.14. The summed E-state index contributed by atoms with van der Waals surface area (Å²) in [7, 11) is -3.91. The predicted octanol–water partition coefficient (Wildman–Crippen LogP) is 1.75. The third-order valence-corrected chi connectivity index (χ3v) is 7.62. The molecule has 9 nitrogen and oxygen atoms in total. The average molecular weight is 448 g/mol. The van der Waals surface area contributed by atoms with Crippen LogP contribution in [0.3, 0.4) is 0 Å². The van der Waals surface area contributed by atoms with Gasteiger partial charge in [-0.1, -0.05) is 24.2 Å². The van der Waals surface area contributed by atoms with Crippen molar-refractivity contribution in [1.82, 2.24) is 24.7 Å². The fourth-order valence-corrected chi connectivity index (χ4v) is 5.25. The first-order valence-electron chi connectivity index (χ1n) is 10.8. The highest BCUT2D eigenvalue weighted by atomic mass is 32.2. The molecule has 1 atom stereocenters. The molecule has 168 valence electrons. The lowest BCUT2D eigenvalue weighted by Crippen LogP contribution is -2.54. The molecule has 4 rings (SSSR count). The van der Waals surface area contributed by atoms with Gasteiger partial charge in [0.25, 0.3) is 0 Å². The molecule has 1 unspecified atom stereocenters. The van der Waals surface area contributed by atoms with Crippen molar-refractivity contribution >= 4 is 15.9 Å². The van der Waals surface area contributed by atoms with E-state index in [1.807, 2.05) is 0 Å². The van der Waals surface area contributed by atoms with Crippen molar-refractivity contribution in [3.63, 3.8) is 0 Å². The number of hydrogen-bond acceptors (Lipinski definition) is 7. The summed E-state index contributed by atoms with van der Waals surface area (Å²) in [6, 6.07) is 4.18. The number of sulfonamides is 1. The molecule has 2 heterocycles. The van der Waals surface area contributed by atoms with Crippen molar-refractivity contribution in [2.75, 3.05) is 32.7 Å². The van der Waals surface area contributed by atoms with Gasteiger partial charge in [0.1, 0.15) is 0 Å². The first kappa shape index (κ1) is 21.9. The molecule has 10 heteroatoms. The van der Waals surface area contributed by atoms with E-state index in [2.05, 4.69) is 26.7 Å². The Balaban J connectivity index is 1.49. The molecule has 1 saturated carbocycles. The van der Waals surface area contributed by atoms with Crippen molar-refractivity contribution in [1.29, 1.82) is 0 Å². The topological polar surface area (TPSA) is 109 Å². The number of carbonyl (C=O) groups is 1. The molecule has 1 aliphatic heterocycles. The molecule has 2 aliphatic rings. The van der Waals surface area contributed by atoms with Crippen LogP contribution in [0.4, 0.5) is 0 Å². The molecule has 2 fully saturated rings. The van der Waals surface area contributed by atoms with Gasteiger partial charge in [0, 0.05) is 37.7 Å². The molecule has 2 aromatic rings. The maximum Gasteiger partial charge on any atom is 0.241 e. The third kappa shape index (κ3) is 4.81. The van der Waals surface area contributed by atoms with E-state index in [9.17, 15) is 13.2 Å². The normalized spacial score (nSPS) is 18.9. The molecule has 0 bridgehead atoms. The highest BCUT2D eigenvalue weighted by Crippen LogP contribution is 2.39. The number of carbonyl (C=O) groups excluding carboxylic acids is 1. The van der Waals surface area contributed by atoms with Crippen LogP contribution in [-0.2, 0) is 14.8 Å². The highest BCUT2D eigenvalue weighted by molar-refractivity contribution is 7.89. The summed E-state index contributed by atoms with van der Waals surface area (Å²) >= 11 is 0. The summed E-state index contributed by atoms with van der Waals surface area (Å²) in [6.07, 6.45) is 2.08. The van der Waals surface area contributed by atoms with E-state index in [0.717, 1.165) is 32.5 Å². The zero-order valence-corrected chi connectivity index (χ0v) is 19.0. The Bertz CT molecular complexity index is 1060. The largest absolute Gasteiger partial charge is 0.339 e. The second-order valence-electron chi connectivity index (χ2n) is 8.31. The minimum atomic E-state index is -3.91. The molecule has 31 heavy (non-hydrogen) atoms. The maximum atomic E-state index is 13.1. The van der Waals surface area contributed by atoms with E-state index in [4.69, 9.17) is 4.52 Å². The first-order chi connectivity index (χ1) is 14.8. The minimum Gasteiger partial charge on any atom is -0.339 e. The minimum absolute atomic E-state index is 0.109. The molecule has 0 radical (unpaired) electrons. The number of amides is 1. The standard InChI is InChI=1S/C21H29N5O4S/c1-4-25-9-11-26(12-10-25)21(27)15(3)24-31(28,29)18-13-17(6-5-14(18)2)19-22-20(30-23-19)16-7-8-16/h5-6,13,15-16,24H,4,7-12H2,1-3H3. The Labute approximate surface area is 182 Å². The lowest BCUT2D eigenvalue weighted by atomic mass is 10.1. The number of nitrogens with one attached hydrogen (secondary N) is 1. The van der Waals surface area contributed by atoms with Crippen LogP contribution in [0.1, 0.15) is 44.1 Å². The molecule has 1 N–H and O–H groups in total. The average Bonchev–Trinajstić information content (AvgIpc) is 3.50. The van der Waals surface area contributed by atoms with E-state index < -0.39 is 16.1 Å². The number of aromatic nitrogens is 2. The van der Waals surface area contributed by atoms with E-state index >= 15 is 0 Å². The Morgan fingerprint density at radius 3 is 2.61 bits per heavy atom.